The standard InChI is InChI=1S/C19H24FNO2.ClH/c1-14(2)11-21-12-16-5-4-6-18(22-3)19(16)23-13-15-7-9-17(20)10-8-15;/h4-10,14,21H,11-13H2,1-3H3;1H. The van der Waals surface area contributed by atoms with E-state index in [0.717, 1.165) is 23.4 Å². The summed E-state index contributed by atoms with van der Waals surface area (Å²) in [6, 6.07) is 12.2. The van der Waals surface area contributed by atoms with Crippen molar-refractivity contribution in [2.45, 2.75) is 27.0 Å². The van der Waals surface area contributed by atoms with Crippen molar-refractivity contribution in [1.29, 1.82) is 0 Å². The van der Waals surface area contributed by atoms with Gasteiger partial charge in [0.05, 0.1) is 7.11 Å². The highest BCUT2D eigenvalue weighted by Crippen LogP contribution is 2.31. The zero-order valence-corrected chi connectivity index (χ0v) is 15.2. The Bertz CT molecular complexity index is 617. The largest absolute Gasteiger partial charge is 0.493 e. The number of ether oxygens (including phenoxy) is 2. The average Bonchev–Trinajstić information content (AvgIpc) is 2.54. The minimum absolute atomic E-state index is 0. The maximum atomic E-state index is 13.0. The molecule has 0 aromatic heterocycles. The summed E-state index contributed by atoms with van der Waals surface area (Å²) in [5.74, 6) is 1.78. The van der Waals surface area contributed by atoms with E-state index in [1.165, 1.54) is 12.1 Å². The molecule has 132 valence electrons. The smallest absolute Gasteiger partial charge is 0.166 e. The van der Waals surface area contributed by atoms with Gasteiger partial charge in [0, 0.05) is 12.1 Å². The van der Waals surface area contributed by atoms with E-state index in [1.807, 2.05) is 18.2 Å². The van der Waals surface area contributed by atoms with E-state index >= 15 is 0 Å². The summed E-state index contributed by atoms with van der Waals surface area (Å²) >= 11 is 0. The molecule has 0 saturated carbocycles. The van der Waals surface area contributed by atoms with Gasteiger partial charge < -0.3 is 14.8 Å². The number of rotatable bonds is 8. The van der Waals surface area contributed by atoms with Crippen LogP contribution in [0.4, 0.5) is 4.39 Å². The lowest BCUT2D eigenvalue weighted by Crippen LogP contribution is -2.19. The number of para-hydroxylation sites is 1. The fraction of sp³-hybridized carbons (Fsp3) is 0.368. The quantitative estimate of drug-likeness (QED) is 0.753. The topological polar surface area (TPSA) is 30.5 Å². The Morgan fingerprint density at radius 1 is 1.08 bits per heavy atom. The molecule has 0 amide bonds. The maximum Gasteiger partial charge on any atom is 0.166 e. The van der Waals surface area contributed by atoms with Crippen LogP contribution in [0.2, 0.25) is 0 Å². The Kier molecular flexibility index (Phi) is 8.58. The van der Waals surface area contributed by atoms with E-state index in [2.05, 4.69) is 19.2 Å². The molecule has 0 aliphatic carbocycles. The van der Waals surface area contributed by atoms with Crippen LogP contribution in [-0.2, 0) is 13.2 Å². The molecule has 5 heteroatoms. The number of nitrogens with one attached hydrogen (secondary N) is 1. The second-order valence-electron chi connectivity index (χ2n) is 5.89. The van der Waals surface area contributed by atoms with E-state index in [9.17, 15) is 4.39 Å². The first-order valence-corrected chi connectivity index (χ1v) is 7.84. The molecule has 0 fully saturated rings. The highest BCUT2D eigenvalue weighted by atomic mass is 35.5. The zero-order chi connectivity index (χ0) is 16.7. The van der Waals surface area contributed by atoms with Crippen LogP contribution in [-0.4, -0.2) is 13.7 Å². The SMILES string of the molecule is COc1cccc(CNCC(C)C)c1OCc1ccc(F)cc1.Cl. The van der Waals surface area contributed by atoms with Gasteiger partial charge in [-0.1, -0.05) is 38.1 Å². The average molecular weight is 354 g/mol. The third-order valence-corrected chi connectivity index (χ3v) is 3.44. The van der Waals surface area contributed by atoms with Crippen LogP contribution in [0.15, 0.2) is 42.5 Å². The Morgan fingerprint density at radius 3 is 2.42 bits per heavy atom. The van der Waals surface area contributed by atoms with Crippen LogP contribution < -0.4 is 14.8 Å². The summed E-state index contributed by atoms with van der Waals surface area (Å²) in [5, 5.41) is 3.41. The monoisotopic (exact) mass is 353 g/mol. The van der Waals surface area contributed by atoms with Gasteiger partial charge in [-0.3, -0.25) is 0 Å². The molecule has 0 aliphatic rings. The van der Waals surface area contributed by atoms with Gasteiger partial charge >= 0.3 is 0 Å². The lowest BCUT2D eigenvalue weighted by molar-refractivity contribution is 0.280. The Morgan fingerprint density at radius 2 is 1.79 bits per heavy atom. The van der Waals surface area contributed by atoms with Crippen LogP contribution in [0.3, 0.4) is 0 Å². The van der Waals surface area contributed by atoms with Gasteiger partial charge in [-0.05, 0) is 36.2 Å². The van der Waals surface area contributed by atoms with Gasteiger partial charge in [0.15, 0.2) is 11.5 Å². The zero-order valence-electron chi connectivity index (χ0n) is 14.3. The highest BCUT2D eigenvalue weighted by molar-refractivity contribution is 5.85. The van der Waals surface area contributed by atoms with Crippen LogP contribution in [0.1, 0.15) is 25.0 Å². The summed E-state index contributed by atoms with van der Waals surface area (Å²) in [4.78, 5) is 0. The summed E-state index contributed by atoms with van der Waals surface area (Å²) in [6.07, 6.45) is 0. The number of halogens is 2. The molecule has 0 aliphatic heterocycles. The summed E-state index contributed by atoms with van der Waals surface area (Å²) in [6.45, 7) is 6.37. The number of methoxy groups -OCH3 is 1. The van der Waals surface area contributed by atoms with Crippen molar-refractivity contribution < 1.29 is 13.9 Å². The van der Waals surface area contributed by atoms with Crippen molar-refractivity contribution in [3.63, 3.8) is 0 Å². The predicted molar refractivity (Wildman–Crippen MR) is 97.5 cm³/mol. The molecule has 0 heterocycles. The second kappa shape index (κ2) is 10.2. The Labute approximate surface area is 149 Å². The molecule has 1 N–H and O–H groups in total. The first kappa shape index (κ1) is 20.3. The minimum atomic E-state index is -0.246. The van der Waals surface area contributed by atoms with Crippen molar-refractivity contribution in [1.82, 2.24) is 5.32 Å². The summed E-state index contributed by atoms with van der Waals surface area (Å²) in [7, 11) is 1.63. The van der Waals surface area contributed by atoms with E-state index in [0.29, 0.717) is 24.8 Å². The highest BCUT2D eigenvalue weighted by Gasteiger charge is 2.11. The van der Waals surface area contributed by atoms with Crippen LogP contribution >= 0.6 is 12.4 Å². The van der Waals surface area contributed by atoms with Gasteiger partial charge in [0.2, 0.25) is 0 Å². The second-order valence-corrected chi connectivity index (χ2v) is 5.89. The number of hydrogen-bond donors (Lipinski definition) is 1. The molecule has 2 rings (SSSR count). The van der Waals surface area contributed by atoms with E-state index in [1.54, 1.807) is 19.2 Å². The van der Waals surface area contributed by atoms with E-state index in [-0.39, 0.29) is 18.2 Å². The molecule has 0 unspecified atom stereocenters. The van der Waals surface area contributed by atoms with Gasteiger partial charge in [0.25, 0.3) is 0 Å². The van der Waals surface area contributed by atoms with Crippen molar-refractivity contribution in [3.05, 3.63) is 59.4 Å². The summed E-state index contributed by atoms with van der Waals surface area (Å²) < 4.78 is 24.3. The van der Waals surface area contributed by atoms with Crippen molar-refractivity contribution in [3.8, 4) is 11.5 Å². The summed E-state index contributed by atoms with van der Waals surface area (Å²) in [5.41, 5.74) is 1.96. The Hall–Kier alpha value is -1.78. The lowest BCUT2D eigenvalue weighted by Gasteiger charge is -2.16. The normalized spacial score (nSPS) is 10.4. The van der Waals surface area contributed by atoms with E-state index < -0.39 is 0 Å². The van der Waals surface area contributed by atoms with Crippen LogP contribution in [0.25, 0.3) is 0 Å². The lowest BCUT2D eigenvalue weighted by atomic mass is 10.1. The van der Waals surface area contributed by atoms with Crippen molar-refractivity contribution in [2.75, 3.05) is 13.7 Å². The fourth-order valence-corrected chi connectivity index (χ4v) is 2.26. The molecule has 0 saturated heterocycles. The van der Waals surface area contributed by atoms with Crippen LogP contribution in [0, 0.1) is 11.7 Å². The molecule has 2 aromatic rings. The first-order valence-electron chi connectivity index (χ1n) is 7.84. The molecule has 0 spiro atoms. The molecule has 24 heavy (non-hydrogen) atoms. The molecule has 2 aromatic carbocycles. The Balaban J connectivity index is 0.00000288. The van der Waals surface area contributed by atoms with E-state index in [4.69, 9.17) is 9.47 Å². The molecule has 0 atom stereocenters. The van der Waals surface area contributed by atoms with Crippen molar-refractivity contribution in [2.24, 2.45) is 5.92 Å². The third-order valence-electron chi connectivity index (χ3n) is 3.44. The number of benzene rings is 2. The minimum Gasteiger partial charge on any atom is -0.493 e. The van der Waals surface area contributed by atoms with Crippen molar-refractivity contribution >= 4 is 12.4 Å². The van der Waals surface area contributed by atoms with Gasteiger partial charge in [0.1, 0.15) is 12.4 Å². The third kappa shape index (κ3) is 6.02. The molecule has 3 nitrogen and oxygen atoms in total. The predicted octanol–water partition coefficient (Wildman–Crippen LogP) is 4.58. The van der Waals surface area contributed by atoms with Gasteiger partial charge in [-0.25, -0.2) is 4.39 Å². The molecular formula is C19H25ClFNO2. The fourth-order valence-electron chi connectivity index (χ4n) is 2.26. The number of hydrogen-bond acceptors (Lipinski definition) is 3. The maximum absolute atomic E-state index is 13.0. The molecule has 0 radical (unpaired) electrons. The molecule has 0 bridgehead atoms. The van der Waals surface area contributed by atoms with Crippen LogP contribution in [0.5, 0.6) is 11.5 Å². The first-order chi connectivity index (χ1) is 11.1. The molecular weight excluding hydrogens is 329 g/mol. The van der Waals surface area contributed by atoms with Gasteiger partial charge in [-0.2, -0.15) is 0 Å². The van der Waals surface area contributed by atoms with Gasteiger partial charge in [-0.15, -0.1) is 12.4 Å².